The highest BCUT2D eigenvalue weighted by molar-refractivity contribution is 6.16. The fourth-order valence-corrected chi connectivity index (χ4v) is 13.9. The Balaban J connectivity index is 0.864. The molecule has 70 heavy (non-hydrogen) atoms. The van der Waals surface area contributed by atoms with Crippen LogP contribution in [0.4, 0.5) is 17.1 Å². The van der Waals surface area contributed by atoms with Crippen LogP contribution < -0.4 is 4.90 Å². The average Bonchev–Trinajstić information content (AvgIpc) is 4.13. The standard InChI is InChI=1S/C67H53NO2/c1-36-18-20-37(21-19-36)68(38-22-24-40-44-32-54-46(34-52(44)66(6,7)50(40)30-38)60-48(64(54,2)3)26-28-58-62(60)42-14-10-12-16-56(42)69-58)39-23-25-41-45-33-55-47(35-53(45)67(8,9)51(41)31-39)61-49(65(55,4)5)27-29-59-63(61)43-15-11-13-17-57(43)70-59/h10-35H,1-9H3. The van der Waals surface area contributed by atoms with Crippen molar-refractivity contribution in [1.29, 1.82) is 0 Å². The summed E-state index contributed by atoms with van der Waals surface area (Å²) >= 11 is 0. The van der Waals surface area contributed by atoms with Crippen LogP contribution in [0.2, 0.25) is 0 Å². The van der Waals surface area contributed by atoms with Crippen molar-refractivity contribution in [1.82, 2.24) is 0 Å². The van der Waals surface area contributed by atoms with Crippen molar-refractivity contribution >= 4 is 60.9 Å². The number of aryl methyl sites for hydroxylation is 1. The average molecular weight is 904 g/mol. The second-order valence-electron chi connectivity index (χ2n) is 22.9. The first-order chi connectivity index (χ1) is 33.6. The Kier molecular flexibility index (Phi) is 7.46. The molecule has 0 saturated heterocycles. The fourth-order valence-electron chi connectivity index (χ4n) is 13.9. The molecule has 0 radical (unpaired) electrons. The molecule has 0 fully saturated rings. The summed E-state index contributed by atoms with van der Waals surface area (Å²) < 4.78 is 12.9. The lowest BCUT2D eigenvalue weighted by Gasteiger charge is -2.30. The first kappa shape index (κ1) is 40.3. The number of rotatable bonds is 3. The molecule has 9 aromatic carbocycles. The molecule has 0 amide bonds. The molecule has 0 bridgehead atoms. The Morgan fingerprint density at radius 3 is 1.14 bits per heavy atom. The Morgan fingerprint density at radius 2 is 0.686 bits per heavy atom. The maximum atomic E-state index is 6.46. The largest absolute Gasteiger partial charge is 0.456 e. The van der Waals surface area contributed by atoms with Gasteiger partial charge in [0.2, 0.25) is 0 Å². The molecule has 3 nitrogen and oxygen atoms in total. The van der Waals surface area contributed by atoms with Crippen LogP contribution in [0, 0.1) is 6.92 Å². The number of para-hydroxylation sites is 2. The molecule has 3 heteroatoms. The van der Waals surface area contributed by atoms with Crippen molar-refractivity contribution in [3.63, 3.8) is 0 Å². The zero-order valence-electron chi connectivity index (χ0n) is 41.3. The second-order valence-corrected chi connectivity index (χ2v) is 22.9. The van der Waals surface area contributed by atoms with E-state index in [9.17, 15) is 0 Å². The Labute approximate surface area is 409 Å². The van der Waals surface area contributed by atoms with Gasteiger partial charge in [-0.05, 0) is 181 Å². The molecule has 11 aromatic rings. The van der Waals surface area contributed by atoms with E-state index in [-0.39, 0.29) is 21.7 Å². The zero-order valence-corrected chi connectivity index (χ0v) is 41.3. The maximum absolute atomic E-state index is 6.46. The van der Waals surface area contributed by atoms with Crippen LogP contribution in [-0.4, -0.2) is 0 Å². The van der Waals surface area contributed by atoms with Crippen molar-refractivity contribution in [2.75, 3.05) is 4.90 Å². The minimum atomic E-state index is -0.239. The van der Waals surface area contributed by atoms with Crippen LogP contribution >= 0.6 is 0 Å². The number of hydrogen-bond acceptors (Lipinski definition) is 3. The van der Waals surface area contributed by atoms with Gasteiger partial charge in [-0.1, -0.05) is 134 Å². The quantitative estimate of drug-likeness (QED) is 0.177. The van der Waals surface area contributed by atoms with E-state index in [0.29, 0.717) is 0 Å². The van der Waals surface area contributed by atoms with Gasteiger partial charge < -0.3 is 13.7 Å². The van der Waals surface area contributed by atoms with Crippen molar-refractivity contribution < 1.29 is 8.83 Å². The van der Waals surface area contributed by atoms with E-state index in [1.165, 1.54) is 116 Å². The van der Waals surface area contributed by atoms with E-state index >= 15 is 0 Å². The monoisotopic (exact) mass is 903 g/mol. The molecule has 0 spiro atoms. The topological polar surface area (TPSA) is 29.5 Å². The number of benzene rings is 9. The van der Waals surface area contributed by atoms with E-state index < -0.39 is 0 Å². The van der Waals surface area contributed by atoms with E-state index in [1.54, 1.807) is 0 Å². The highest BCUT2D eigenvalue weighted by atomic mass is 16.3. The summed E-state index contributed by atoms with van der Waals surface area (Å²) in [6.45, 7) is 21.4. The minimum absolute atomic E-state index is 0.162. The van der Waals surface area contributed by atoms with E-state index in [4.69, 9.17) is 8.83 Å². The van der Waals surface area contributed by atoms with Crippen LogP contribution in [0.1, 0.15) is 105 Å². The summed E-state index contributed by atoms with van der Waals surface area (Å²) in [5, 5.41) is 4.83. The van der Waals surface area contributed by atoms with Crippen molar-refractivity contribution in [2.24, 2.45) is 0 Å². The molecule has 0 saturated carbocycles. The SMILES string of the molecule is Cc1ccc(N(c2ccc3c(c2)C(C)(C)c2cc4c(cc2-3)C(C)(C)c2ccc3oc5ccccc5c3c2-4)c2ccc3c(c2)C(C)(C)c2cc4c(cc2-3)C(C)(C)c2ccc3oc5ccccc5c3c2-4)cc1. The maximum Gasteiger partial charge on any atom is 0.136 e. The third kappa shape index (κ3) is 4.90. The summed E-state index contributed by atoms with van der Waals surface area (Å²) in [4.78, 5) is 2.48. The van der Waals surface area contributed by atoms with Crippen LogP contribution in [0.25, 0.3) is 88.4 Å². The number of hydrogen-bond donors (Lipinski definition) is 0. The Bertz CT molecular complexity index is 3940. The van der Waals surface area contributed by atoms with Gasteiger partial charge in [0.05, 0.1) is 0 Å². The molecular weight excluding hydrogens is 851 g/mol. The van der Waals surface area contributed by atoms with Crippen LogP contribution in [0.3, 0.4) is 0 Å². The van der Waals surface area contributed by atoms with Gasteiger partial charge in [0.1, 0.15) is 22.3 Å². The number of nitrogens with zero attached hydrogens (tertiary/aromatic N) is 1. The van der Waals surface area contributed by atoms with E-state index in [2.05, 4.69) is 225 Å². The molecule has 2 heterocycles. The molecule has 15 rings (SSSR count). The van der Waals surface area contributed by atoms with Gasteiger partial charge in [-0.2, -0.15) is 0 Å². The molecule has 0 atom stereocenters. The molecule has 2 aromatic heterocycles. The Morgan fingerprint density at radius 1 is 0.314 bits per heavy atom. The fraction of sp³-hybridized carbons (Fsp3) is 0.194. The van der Waals surface area contributed by atoms with Crippen molar-refractivity contribution in [2.45, 2.75) is 84.0 Å². The van der Waals surface area contributed by atoms with Crippen molar-refractivity contribution in [3.05, 3.63) is 208 Å². The van der Waals surface area contributed by atoms with Crippen LogP contribution in [0.5, 0.6) is 0 Å². The number of fused-ring (bicyclic) bond motifs is 20. The van der Waals surface area contributed by atoms with Gasteiger partial charge in [0.25, 0.3) is 0 Å². The molecule has 0 unspecified atom stereocenters. The first-order valence-electron chi connectivity index (χ1n) is 25.1. The summed E-state index contributed by atoms with van der Waals surface area (Å²) in [7, 11) is 0. The summed E-state index contributed by atoms with van der Waals surface area (Å²) in [6.07, 6.45) is 0. The lowest BCUT2D eigenvalue weighted by molar-refractivity contribution is 0.650. The van der Waals surface area contributed by atoms with Gasteiger partial charge in [0.15, 0.2) is 0 Å². The molecule has 0 aliphatic heterocycles. The highest BCUT2D eigenvalue weighted by Crippen LogP contribution is 2.61. The van der Waals surface area contributed by atoms with Crippen LogP contribution in [-0.2, 0) is 21.7 Å². The summed E-state index contributed by atoms with van der Waals surface area (Å²) in [6, 6.07) is 59.6. The number of anilines is 3. The molecule has 4 aliphatic rings. The van der Waals surface area contributed by atoms with Gasteiger partial charge in [-0.25, -0.2) is 0 Å². The second kappa shape index (κ2) is 13.0. The van der Waals surface area contributed by atoms with Crippen molar-refractivity contribution in [3.8, 4) is 44.5 Å². The predicted octanol–water partition coefficient (Wildman–Crippen LogP) is 18.5. The highest BCUT2D eigenvalue weighted by Gasteiger charge is 2.45. The zero-order chi connectivity index (χ0) is 47.5. The molecular formula is C67H53NO2. The Hall–Kier alpha value is -7.62. The predicted molar refractivity (Wildman–Crippen MR) is 291 cm³/mol. The smallest absolute Gasteiger partial charge is 0.136 e. The van der Waals surface area contributed by atoms with E-state index in [0.717, 1.165) is 39.4 Å². The van der Waals surface area contributed by atoms with Gasteiger partial charge in [-0.3, -0.25) is 0 Å². The lowest BCUT2D eigenvalue weighted by Crippen LogP contribution is -2.18. The third-order valence-corrected chi connectivity index (χ3v) is 17.7. The first-order valence-corrected chi connectivity index (χ1v) is 25.1. The minimum Gasteiger partial charge on any atom is -0.456 e. The van der Waals surface area contributed by atoms with Gasteiger partial charge >= 0.3 is 0 Å². The number of furan rings is 2. The molecule has 338 valence electrons. The molecule has 0 N–H and O–H groups in total. The van der Waals surface area contributed by atoms with Gasteiger partial charge in [0, 0.05) is 60.3 Å². The normalized spacial score (nSPS) is 16.5. The van der Waals surface area contributed by atoms with E-state index in [1.807, 2.05) is 0 Å². The molecule has 4 aliphatic carbocycles. The van der Waals surface area contributed by atoms with Crippen LogP contribution in [0.15, 0.2) is 167 Å². The summed E-state index contributed by atoms with van der Waals surface area (Å²) in [5.74, 6) is 0. The lowest BCUT2D eigenvalue weighted by atomic mass is 9.79. The summed E-state index contributed by atoms with van der Waals surface area (Å²) in [5.41, 5.74) is 29.4. The third-order valence-electron chi connectivity index (χ3n) is 17.7. The van der Waals surface area contributed by atoms with Gasteiger partial charge in [-0.15, -0.1) is 0 Å².